The second kappa shape index (κ2) is 8.34. The van der Waals surface area contributed by atoms with Gasteiger partial charge in [0.2, 0.25) is 10.0 Å². The van der Waals surface area contributed by atoms with E-state index in [0.717, 1.165) is 12.8 Å². The van der Waals surface area contributed by atoms with Crippen LogP contribution in [0, 0.1) is 0 Å². The Kier molecular flexibility index (Phi) is 6.93. The Labute approximate surface area is 154 Å². The Morgan fingerprint density at radius 1 is 1.25 bits per heavy atom. The second-order valence-electron chi connectivity index (χ2n) is 6.41. The first kappa shape index (κ1) is 19.9. The third kappa shape index (κ3) is 5.07. The lowest BCUT2D eigenvalue weighted by molar-refractivity contribution is 0.0438. The van der Waals surface area contributed by atoms with Gasteiger partial charge in [-0.15, -0.1) is 0 Å². The molecule has 1 fully saturated rings. The summed E-state index contributed by atoms with van der Waals surface area (Å²) in [5.41, 5.74) is 0. The summed E-state index contributed by atoms with van der Waals surface area (Å²) in [6.45, 7) is 4.69. The largest absolute Gasteiger partial charge is 0.390 e. The zero-order valence-electron chi connectivity index (χ0n) is 13.9. The first-order valence-electron chi connectivity index (χ1n) is 8.09. The van der Waals surface area contributed by atoms with Crippen molar-refractivity contribution in [1.82, 2.24) is 9.62 Å². The van der Waals surface area contributed by atoms with Crippen molar-refractivity contribution in [3.8, 4) is 0 Å². The molecule has 2 rings (SSSR count). The minimum atomic E-state index is -3.73. The fourth-order valence-electron chi connectivity index (χ4n) is 3.08. The molecule has 1 saturated heterocycles. The molecule has 0 amide bonds. The topological polar surface area (TPSA) is 69.6 Å². The molecule has 136 valence electrons. The molecule has 1 aromatic rings. The summed E-state index contributed by atoms with van der Waals surface area (Å²) < 4.78 is 27.0. The number of hydrogen-bond acceptors (Lipinski definition) is 4. The van der Waals surface area contributed by atoms with Gasteiger partial charge in [0.25, 0.3) is 0 Å². The minimum Gasteiger partial charge on any atom is -0.390 e. The van der Waals surface area contributed by atoms with Crippen LogP contribution >= 0.6 is 23.2 Å². The SMILES string of the molecule is C[C@@H]1CCC[C@H](C)N1C[C@@H](O)CNS(=O)(=O)c1ccc(Cl)c(Cl)c1. The standard InChI is InChI=1S/C16H24Cl2N2O3S/c1-11-4-3-5-12(2)20(11)10-13(21)9-19-24(22,23)14-6-7-15(17)16(18)8-14/h6-8,11-13,19,21H,3-5,9-10H2,1-2H3/t11-,12+,13-/m0/s1. The van der Waals surface area contributed by atoms with Crippen molar-refractivity contribution in [2.24, 2.45) is 0 Å². The van der Waals surface area contributed by atoms with Crippen molar-refractivity contribution in [2.45, 2.75) is 56.2 Å². The maximum Gasteiger partial charge on any atom is 0.240 e. The summed E-state index contributed by atoms with van der Waals surface area (Å²) in [6, 6.07) is 4.92. The van der Waals surface area contributed by atoms with Crippen LogP contribution in [0.1, 0.15) is 33.1 Å². The Balaban J connectivity index is 1.94. The van der Waals surface area contributed by atoms with E-state index in [4.69, 9.17) is 23.2 Å². The van der Waals surface area contributed by atoms with Gasteiger partial charge in [0.1, 0.15) is 0 Å². The van der Waals surface area contributed by atoms with E-state index in [1.165, 1.54) is 24.6 Å². The Morgan fingerprint density at radius 2 is 1.88 bits per heavy atom. The monoisotopic (exact) mass is 394 g/mol. The summed E-state index contributed by atoms with van der Waals surface area (Å²) >= 11 is 11.7. The Morgan fingerprint density at radius 3 is 2.46 bits per heavy atom. The van der Waals surface area contributed by atoms with Crippen LogP contribution in [0.25, 0.3) is 0 Å². The van der Waals surface area contributed by atoms with Crippen molar-refractivity contribution in [1.29, 1.82) is 0 Å². The van der Waals surface area contributed by atoms with E-state index in [1.807, 2.05) is 0 Å². The van der Waals surface area contributed by atoms with Crippen molar-refractivity contribution >= 4 is 33.2 Å². The van der Waals surface area contributed by atoms with E-state index in [9.17, 15) is 13.5 Å². The number of likely N-dealkylation sites (tertiary alicyclic amines) is 1. The lowest BCUT2D eigenvalue weighted by Gasteiger charge is -2.40. The molecule has 3 atom stereocenters. The summed E-state index contributed by atoms with van der Waals surface area (Å²) in [5.74, 6) is 0. The molecule has 8 heteroatoms. The molecule has 0 unspecified atom stereocenters. The normalized spacial score (nSPS) is 24.0. The van der Waals surface area contributed by atoms with Crippen LogP contribution < -0.4 is 4.72 Å². The molecule has 1 aromatic carbocycles. The maximum absolute atomic E-state index is 12.3. The highest BCUT2D eigenvalue weighted by molar-refractivity contribution is 7.89. The first-order chi connectivity index (χ1) is 11.2. The highest BCUT2D eigenvalue weighted by Gasteiger charge is 2.27. The fourth-order valence-corrected chi connectivity index (χ4v) is 4.54. The molecule has 2 N–H and O–H groups in total. The number of aliphatic hydroxyl groups is 1. The summed E-state index contributed by atoms with van der Waals surface area (Å²) in [6.07, 6.45) is 2.63. The molecule has 0 aliphatic carbocycles. The molecule has 0 saturated carbocycles. The number of nitrogens with zero attached hydrogens (tertiary/aromatic N) is 1. The molecular weight excluding hydrogens is 371 g/mol. The average molecular weight is 395 g/mol. The summed E-state index contributed by atoms with van der Waals surface area (Å²) in [7, 11) is -3.73. The van der Waals surface area contributed by atoms with E-state index in [0.29, 0.717) is 23.7 Å². The van der Waals surface area contributed by atoms with Crippen LogP contribution in [-0.2, 0) is 10.0 Å². The van der Waals surface area contributed by atoms with Gasteiger partial charge in [0.15, 0.2) is 0 Å². The molecular formula is C16H24Cl2N2O3S. The number of piperidine rings is 1. The molecule has 0 radical (unpaired) electrons. The minimum absolute atomic E-state index is 0.0313. The van der Waals surface area contributed by atoms with Crippen LogP contribution in [0.5, 0.6) is 0 Å². The van der Waals surface area contributed by atoms with Crippen LogP contribution in [0.2, 0.25) is 10.0 Å². The maximum atomic E-state index is 12.3. The fraction of sp³-hybridized carbons (Fsp3) is 0.625. The number of aliphatic hydroxyl groups excluding tert-OH is 1. The molecule has 0 bridgehead atoms. The van der Waals surface area contributed by atoms with Gasteiger partial charge in [-0.1, -0.05) is 29.6 Å². The van der Waals surface area contributed by atoms with Gasteiger partial charge in [-0.2, -0.15) is 0 Å². The van der Waals surface area contributed by atoms with Crippen LogP contribution in [0.4, 0.5) is 0 Å². The summed E-state index contributed by atoms with van der Waals surface area (Å²) in [5, 5.41) is 10.7. The molecule has 1 aliphatic rings. The number of β-amino-alcohol motifs (C(OH)–C–C–N with tert-alkyl or cyclic N) is 1. The lowest BCUT2D eigenvalue weighted by Crippen LogP contribution is -2.49. The number of benzene rings is 1. The van der Waals surface area contributed by atoms with Gasteiger partial charge in [0, 0.05) is 25.2 Å². The predicted octanol–water partition coefficient (Wildman–Crippen LogP) is 2.90. The van der Waals surface area contributed by atoms with E-state index >= 15 is 0 Å². The van der Waals surface area contributed by atoms with E-state index < -0.39 is 16.1 Å². The van der Waals surface area contributed by atoms with Gasteiger partial charge >= 0.3 is 0 Å². The van der Waals surface area contributed by atoms with Gasteiger partial charge in [-0.3, -0.25) is 4.90 Å². The smallest absolute Gasteiger partial charge is 0.240 e. The summed E-state index contributed by atoms with van der Waals surface area (Å²) in [4.78, 5) is 2.27. The van der Waals surface area contributed by atoms with Crippen molar-refractivity contribution in [3.05, 3.63) is 28.2 Å². The quantitative estimate of drug-likeness (QED) is 0.777. The van der Waals surface area contributed by atoms with Crippen molar-refractivity contribution in [2.75, 3.05) is 13.1 Å². The number of halogens is 2. The number of hydrogen-bond donors (Lipinski definition) is 2. The molecule has 1 heterocycles. The highest BCUT2D eigenvalue weighted by Crippen LogP contribution is 2.25. The zero-order valence-corrected chi connectivity index (χ0v) is 16.2. The first-order valence-corrected chi connectivity index (χ1v) is 10.3. The van der Waals surface area contributed by atoms with Gasteiger partial charge < -0.3 is 5.11 Å². The number of nitrogens with one attached hydrogen (secondary N) is 1. The third-order valence-corrected chi connectivity index (χ3v) is 6.67. The van der Waals surface area contributed by atoms with Crippen molar-refractivity contribution < 1.29 is 13.5 Å². The molecule has 0 spiro atoms. The van der Waals surface area contributed by atoms with Gasteiger partial charge in [-0.05, 0) is 44.9 Å². The highest BCUT2D eigenvalue weighted by atomic mass is 35.5. The molecule has 0 aromatic heterocycles. The van der Waals surface area contributed by atoms with E-state index in [2.05, 4.69) is 23.5 Å². The average Bonchev–Trinajstić information content (AvgIpc) is 2.52. The Hall–Kier alpha value is -0.370. The zero-order chi connectivity index (χ0) is 17.9. The van der Waals surface area contributed by atoms with Crippen molar-refractivity contribution in [3.63, 3.8) is 0 Å². The van der Waals surface area contributed by atoms with Gasteiger partial charge in [-0.25, -0.2) is 13.1 Å². The number of rotatable bonds is 6. The third-order valence-electron chi connectivity index (χ3n) is 4.51. The van der Waals surface area contributed by atoms with Gasteiger partial charge in [0.05, 0.1) is 21.0 Å². The Bertz CT molecular complexity index is 659. The molecule has 24 heavy (non-hydrogen) atoms. The van der Waals surface area contributed by atoms with E-state index in [-0.39, 0.29) is 16.5 Å². The lowest BCUT2D eigenvalue weighted by atomic mass is 9.97. The van der Waals surface area contributed by atoms with E-state index in [1.54, 1.807) is 0 Å². The number of sulfonamides is 1. The van der Waals surface area contributed by atoms with Crippen LogP contribution in [0.15, 0.2) is 23.1 Å². The molecule has 5 nitrogen and oxygen atoms in total. The van der Waals surface area contributed by atoms with Crippen LogP contribution in [-0.4, -0.2) is 49.7 Å². The molecule has 1 aliphatic heterocycles. The van der Waals surface area contributed by atoms with Crippen LogP contribution in [0.3, 0.4) is 0 Å². The second-order valence-corrected chi connectivity index (χ2v) is 8.99. The predicted molar refractivity (Wildman–Crippen MR) is 97.1 cm³/mol.